The summed E-state index contributed by atoms with van der Waals surface area (Å²) in [5.41, 5.74) is 0. The first kappa shape index (κ1) is 55.5. The average molecular weight is 824 g/mol. The van der Waals surface area contributed by atoms with Gasteiger partial charge in [0.1, 0.15) is 12.6 Å². The van der Waals surface area contributed by atoms with Gasteiger partial charge < -0.3 is 28.6 Å². The molecule has 0 saturated heterocycles. The molecule has 0 bridgehead atoms. The van der Waals surface area contributed by atoms with Crippen LogP contribution in [-0.4, -0.2) is 75.5 Å². The van der Waals surface area contributed by atoms with E-state index in [2.05, 4.69) is 98.9 Å². The number of likely N-dealkylation sites (N-methyl/N-ethyl adjacent to an activating group) is 1. The molecule has 2 unspecified atom stereocenters. The molecule has 0 fully saturated rings. The molecule has 0 spiro atoms. The topological polar surface area (TPSA) is 102 Å². The number of hydrogen-bond acceptors (Lipinski definition) is 7. The highest BCUT2D eigenvalue weighted by Crippen LogP contribution is 2.12. The second-order valence-corrected chi connectivity index (χ2v) is 16.3. The Balaban J connectivity index is 4.45. The minimum atomic E-state index is -1.14. The molecule has 0 heterocycles. The first-order valence-electron chi connectivity index (χ1n) is 23.1. The summed E-state index contributed by atoms with van der Waals surface area (Å²) in [6.07, 6.45) is 53.2. The molecule has 0 aliphatic heterocycles. The van der Waals surface area contributed by atoms with Crippen LogP contribution >= 0.6 is 0 Å². The van der Waals surface area contributed by atoms with Crippen LogP contribution in [0.25, 0.3) is 0 Å². The predicted molar refractivity (Wildman–Crippen MR) is 245 cm³/mol. The molecule has 0 aliphatic rings. The van der Waals surface area contributed by atoms with E-state index >= 15 is 0 Å². The van der Waals surface area contributed by atoms with Crippen molar-refractivity contribution in [2.24, 2.45) is 0 Å². The van der Waals surface area contributed by atoms with Crippen LogP contribution in [0, 0.1) is 0 Å². The fourth-order valence-electron chi connectivity index (χ4n) is 6.20. The van der Waals surface area contributed by atoms with Gasteiger partial charge in [-0.1, -0.05) is 150 Å². The molecule has 2 atom stereocenters. The Morgan fingerprint density at radius 1 is 0.542 bits per heavy atom. The van der Waals surface area contributed by atoms with Crippen LogP contribution in [0.2, 0.25) is 0 Å². The van der Waals surface area contributed by atoms with Gasteiger partial charge in [0, 0.05) is 19.3 Å². The summed E-state index contributed by atoms with van der Waals surface area (Å²) in [6, 6.07) is -0.740. The van der Waals surface area contributed by atoms with E-state index in [1.54, 1.807) is 21.1 Å². The fraction of sp³-hybridized carbons (Fsp3) is 0.667. The van der Waals surface area contributed by atoms with Crippen molar-refractivity contribution < 1.29 is 38.2 Å². The molecule has 0 aromatic rings. The largest absolute Gasteiger partial charge is 0.544 e. The molecule has 59 heavy (non-hydrogen) atoms. The Hall–Kier alpha value is -3.49. The average Bonchev–Trinajstić information content (AvgIpc) is 3.19. The molecular weight excluding hydrogens is 739 g/mol. The number of carbonyl (C=O) groups excluding carboxylic acids is 3. The maximum Gasteiger partial charge on any atom is 0.306 e. The number of hydrogen-bond donors (Lipinski definition) is 0. The van der Waals surface area contributed by atoms with Crippen molar-refractivity contribution in [1.82, 2.24) is 0 Å². The van der Waals surface area contributed by atoms with Gasteiger partial charge >= 0.3 is 11.9 Å². The zero-order chi connectivity index (χ0) is 43.5. The number of rotatable bonds is 40. The van der Waals surface area contributed by atoms with Gasteiger partial charge in [-0.15, -0.1) is 0 Å². The second kappa shape index (κ2) is 41.3. The van der Waals surface area contributed by atoms with Gasteiger partial charge in [0.15, 0.2) is 6.10 Å². The molecule has 0 rings (SSSR count). The molecule has 0 aromatic carbocycles. The van der Waals surface area contributed by atoms with Gasteiger partial charge in [-0.3, -0.25) is 9.59 Å². The van der Waals surface area contributed by atoms with Crippen LogP contribution in [0.3, 0.4) is 0 Å². The highest BCUT2D eigenvalue weighted by molar-refractivity contribution is 5.70. The van der Waals surface area contributed by atoms with Crippen LogP contribution in [0.4, 0.5) is 0 Å². The van der Waals surface area contributed by atoms with Crippen molar-refractivity contribution in [2.75, 3.05) is 41.0 Å². The predicted octanol–water partition coefficient (Wildman–Crippen LogP) is 11.6. The van der Waals surface area contributed by atoms with Crippen molar-refractivity contribution in [1.29, 1.82) is 0 Å². The van der Waals surface area contributed by atoms with Crippen LogP contribution in [0.5, 0.6) is 0 Å². The van der Waals surface area contributed by atoms with Crippen LogP contribution < -0.4 is 5.11 Å². The SMILES string of the molecule is CC/C=C/C/C=C/C/C=C/C/C=C/C/C=C/CCCCCC(=O)OCC(COCCC(C(=O)[O-])[N+](C)(C)C)OC(=O)CCCCC/C=C/C=C/CCCCCCCCC. The van der Waals surface area contributed by atoms with Crippen molar-refractivity contribution in [3.63, 3.8) is 0 Å². The van der Waals surface area contributed by atoms with Gasteiger partial charge in [-0.25, -0.2) is 0 Å². The lowest BCUT2D eigenvalue weighted by Crippen LogP contribution is -2.55. The van der Waals surface area contributed by atoms with Gasteiger partial charge in [-0.2, -0.15) is 0 Å². The Morgan fingerprint density at radius 3 is 1.51 bits per heavy atom. The number of allylic oxidation sites excluding steroid dienone is 14. The monoisotopic (exact) mass is 824 g/mol. The number of carboxylic acids is 1. The lowest BCUT2D eigenvalue weighted by atomic mass is 10.1. The second-order valence-electron chi connectivity index (χ2n) is 16.3. The highest BCUT2D eigenvalue weighted by atomic mass is 16.6. The number of unbranched alkanes of at least 4 members (excludes halogenated alkanes) is 13. The fourth-order valence-corrected chi connectivity index (χ4v) is 6.20. The number of ether oxygens (including phenoxy) is 3. The summed E-state index contributed by atoms with van der Waals surface area (Å²) in [5.74, 6) is -1.82. The van der Waals surface area contributed by atoms with E-state index in [0.717, 1.165) is 83.5 Å². The number of aliphatic carboxylic acids is 1. The number of carboxylic acid groups (broad SMARTS) is 1. The smallest absolute Gasteiger partial charge is 0.306 e. The summed E-state index contributed by atoms with van der Waals surface area (Å²) in [7, 11) is 5.38. The van der Waals surface area contributed by atoms with E-state index in [1.807, 2.05) is 0 Å². The zero-order valence-electron chi connectivity index (χ0n) is 38.1. The van der Waals surface area contributed by atoms with Gasteiger partial charge in [0.05, 0.1) is 40.3 Å². The number of nitrogens with zero attached hydrogens (tertiary/aromatic N) is 1. The number of carbonyl (C=O) groups is 3. The molecule has 8 nitrogen and oxygen atoms in total. The molecule has 336 valence electrons. The summed E-state index contributed by atoms with van der Waals surface area (Å²) in [5, 5.41) is 11.6. The minimum absolute atomic E-state index is 0.0143. The third-order valence-electron chi connectivity index (χ3n) is 9.79. The standard InChI is InChI=1S/C51H85NO7/c1-6-8-10-12-14-16-18-20-22-24-25-26-28-29-31-33-35-37-39-41-49(53)58-46-47(45-57-44-43-48(51(55)56)52(3,4)5)59-50(54)42-40-38-36-34-32-30-27-23-21-19-17-15-13-11-9-7-2/h8,10,14,16,20,22-23,25-27,29-32,47-48H,6-7,9,11-13,15,17-19,21,24,28,33-46H2,1-5H3/b10-8+,16-14+,22-20+,26-25+,27-23+,31-29+,32-30+. The summed E-state index contributed by atoms with van der Waals surface area (Å²) < 4.78 is 17.1. The lowest BCUT2D eigenvalue weighted by Gasteiger charge is -2.34. The molecule has 0 aromatic heterocycles. The normalized spacial score (nSPS) is 13.7. The van der Waals surface area contributed by atoms with E-state index < -0.39 is 18.1 Å². The van der Waals surface area contributed by atoms with Crippen LogP contribution in [-0.2, 0) is 28.6 Å². The molecule has 8 heteroatoms. The molecule has 0 N–H and O–H groups in total. The third kappa shape index (κ3) is 39.7. The molecule has 0 radical (unpaired) electrons. The van der Waals surface area contributed by atoms with Crippen molar-refractivity contribution in [2.45, 2.75) is 180 Å². The van der Waals surface area contributed by atoms with Gasteiger partial charge in [0.2, 0.25) is 0 Å². The Kier molecular flexibility index (Phi) is 38.8. The number of quaternary nitrogens is 1. The Labute approximate surface area is 361 Å². The zero-order valence-corrected chi connectivity index (χ0v) is 38.1. The van der Waals surface area contributed by atoms with Gasteiger partial charge in [-0.05, 0) is 83.5 Å². The highest BCUT2D eigenvalue weighted by Gasteiger charge is 2.25. The van der Waals surface area contributed by atoms with Gasteiger partial charge in [0.25, 0.3) is 0 Å². The lowest BCUT2D eigenvalue weighted by molar-refractivity contribution is -0.889. The molecule has 0 amide bonds. The molecule has 0 aliphatic carbocycles. The van der Waals surface area contributed by atoms with E-state index in [9.17, 15) is 19.5 Å². The van der Waals surface area contributed by atoms with Crippen molar-refractivity contribution >= 4 is 17.9 Å². The molecular formula is C51H85NO7. The van der Waals surface area contributed by atoms with Crippen molar-refractivity contribution in [3.05, 3.63) is 85.1 Å². The summed E-state index contributed by atoms with van der Waals surface area (Å²) in [6.45, 7) is 4.46. The summed E-state index contributed by atoms with van der Waals surface area (Å²) in [4.78, 5) is 36.9. The van der Waals surface area contributed by atoms with E-state index in [1.165, 1.54) is 44.9 Å². The quantitative estimate of drug-likeness (QED) is 0.0199. The number of esters is 2. The van der Waals surface area contributed by atoms with E-state index in [-0.39, 0.29) is 49.1 Å². The van der Waals surface area contributed by atoms with E-state index in [4.69, 9.17) is 14.2 Å². The maximum absolute atomic E-state index is 12.7. The molecule has 0 saturated carbocycles. The first-order chi connectivity index (χ1) is 28.6. The first-order valence-corrected chi connectivity index (χ1v) is 23.1. The maximum atomic E-state index is 12.7. The van der Waals surface area contributed by atoms with Crippen LogP contribution in [0.1, 0.15) is 168 Å². The minimum Gasteiger partial charge on any atom is -0.544 e. The van der Waals surface area contributed by atoms with Crippen LogP contribution in [0.15, 0.2) is 85.1 Å². The summed E-state index contributed by atoms with van der Waals surface area (Å²) >= 11 is 0. The Bertz CT molecular complexity index is 1240. The third-order valence-corrected chi connectivity index (χ3v) is 9.79. The van der Waals surface area contributed by atoms with Crippen molar-refractivity contribution in [3.8, 4) is 0 Å². The van der Waals surface area contributed by atoms with E-state index in [0.29, 0.717) is 12.8 Å². The Morgan fingerprint density at radius 2 is 1.00 bits per heavy atom.